The maximum atomic E-state index is 13.0. The van der Waals surface area contributed by atoms with Gasteiger partial charge in [-0.3, -0.25) is 4.79 Å². The number of sulfonamides is 1. The zero-order chi connectivity index (χ0) is 26.6. The minimum Gasteiger partial charge on any atom is -0.381 e. The molecule has 9 nitrogen and oxygen atoms in total. The van der Waals surface area contributed by atoms with E-state index in [0.717, 1.165) is 32.6 Å². The van der Waals surface area contributed by atoms with Gasteiger partial charge in [0.15, 0.2) is 0 Å². The van der Waals surface area contributed by atoms with Crippen LogP contribution < -0.4 is 10.6 Å². The number of rotatable bonds is 8. The molecular formula is C25H33Cl2N5O4S. The van der Waals surface area contributed by atoms with E-state index in [2.05, 4.69) is 20.6 Å². The van der Waals surface area contributed by atoms with Crippen LogP contribution in [-0.4, -0.2) is 66.7 Å². The van der Waals surface area contributed by atoms with Crippen molar-refractivity contribution in [2.24, 2.45) is 11.8 Å². The average molecular weight is 571 g/mol. The number of aromatic nitrogens is 2. The molecule has 0 aromatic carbocycles. The third kappa shape index (κ3) is 6.92. The molecule has 2 aliphatic heterocycles. The molecule has 0 spiro atoms. The molecule has 12 heteroatoms. The summed E-state index contributed by atoms with van der Waals surface area (Å²) in [5, 5.41) is 6.44. The van der Waals surface area contributed by atoms with Crippen molar-refractivity contribution in [2.45, 2.75) is 44.8 Å². The SMILES string of the molecule is CC(C)S(=O)(=O)N1CCCC(C(=O)Nc2cc(-c3nc(NCC4CCOCC4)ccc3Cl)c(Cl)cn2)C1. The fraction of sp³-hybridized carbons (Fsp3) is 0.560. The van der Waals surface area contributed by atoms with Gasteiger partial charge in [-0.1, -0.05) is 23.2 Å². The lowest BCUT2D eigenvalue weighted by Crippen LogP contribution is -2.46. The molecule has 0 saturated carbocycles. The van der Waals surface area contributed by atoms with Crippen molar-refractivity contribution in [1.82, 2.24) is 14.3 Å². The molecule has 4 rings (SSSR count). The molecule has 2 saturated heterocycles. The van der Waals surface area contributed by atoms with E-state index in [1.165, 1.54) is 10.5 Å². The summed E-state index contributed by atoms with van der Waals surface area (Å²) in [5.74, 6) is 0.745. The van der Waals surface area contributed by atoms with E-state index in [1.54, 1.807) is 26.0 Å². The summed E-state index contributed by atoms with van der Waals surface area (Å²) >= 11 is 12.9. The Bertz CT molecular complexity index is 1220. The van der Waals surface area contributed by atoms with E-state index in [0.29, 0.717) is 58.2 Å². The molecule has 1 atom stereocenters. The van der Waals surface area contributed by atoms with Crippen LogP contribution in [-0.2, 0) is 19.6 Å². The van der Waals surface area contributed by atoms with E-state index >= 15 is 0 Å². The van der Waals surface area contributed by atoms with Crippen molar-refractivity contribution < 1.29 is 17.9 Å². The highest BCUT2D eigenvalue weighted by atomic mass is 35.5. The number of hydrogen-bond donors (Lipinski definition) is 2. The Labute approximate surface area is 228 Å². The minimum absolute atomic E-state index is 0.154. The molecular weight excluding hydrogens is 537 g/mol. The third-order valence-corrected chi connectivity index (χ3v) is 9.68. The lowest BCUT2D eigenvalue weighted by atomic mass is 9.99. The second kappa shape index (κ2) is 12.3. The Morgan fingerprint density at radius 3 is 2.65 bits per heavy atom. The van der Waals surface area contributed by atoms with Crippen LogP contribution >= 0.6 is 23.2 Å². The number of pyridine rings is 2. The van der Waals surface area contributed by atoms with E-state index < -0.39 is 21.2 Å². The van der Waals surface area contributed by atoms with Gasteiger partial charge in [0.2, 0.25) is 15.9 Å². The van der Waals surface area contributed by atoms with Gasteiger partial charge in [0.1, 0.15) is 11.6 Å². The van der Waals surface area contributed by atoms with Crippen molar-refractivity contribution in [3.63, 3.8) is 0 Å². The van der Waals surface area contributed by atoms with Gasteiger partial charge in [-0.05, 0) is 63.6 Å². The van der Waals surface area contributed by atoms with Crippen LogP contribution in [0.3, 0.4) is 0 Å². The molecule has 2 aromatic rings. The van der Waals surface area contributed by atoms with Crippen LogP contribution in [0, 0.1) is 11.8 Å². The number of piperidine rings is 1. The highest BCUT2D eigenvalue weighted by Gasteiger charge is 2.34. The Morgan fingerprint density at radius 2 is 1.92 bits per heavy atom. The van der Waals surface area contributed by atoms with Gasteiger partial charge >= 0.3 is 0 Å². The van der Waals surface area contributed by atoms with Gasteiger partial charge in [-0.2, -0.15) is 0 Å². The predicted molar refractivity (Wildman–Crippen MR) is 147 cm³/mol. The van der Waals surface area contributed by atoms with E-state index in [-0.39, 0.29) is 12.5 Å². The van der Waals surface area contributed by atoms with Crippen LogP contribution in [0.15, 0.2) is 24.4 Å². The molecule has 0 aliphatic carbocycles. The summed E-state index contributed by atoms with van der Waals surface area (Å²) in [4.78, 5) is 22.0. The smallest absolute Gasteiger partial charge is 0.229 e. The normalized spacial score (nSPS) is 19.6. The Morgan fingerprint density at radius 1 is 1.16 bits per heavy atom. The number of hydrogen-bond acceptors (Lipinski definition) is 7. The van der Waals surface area contributed by atoms with Crippen molar-refractivity contribution in [3.05, 3.63) is 34.4 Å². The first-order valence-corrected chi connectivity index (χ1v) is 14.8. The quantitative estimate of drug-likeness (QED) is 0.474. The maximum Gasteiger partial charge on any atom is 0.229 e. The summed E-state index contributed by atoms with van der Waals surface area (Å²) in [7, 11) is -3.42. The van der Waals surface area contributed by atoms with Gasteiger partial charge in [0, 0.05) is 44.6 Å². The van der Waals surface area contributed by atoms with Gasteiger partial charge < -0.3 is 15.4 Å². The van der Waals surface area contributed by atoms with Crippen molar-refractivity contribution in [2.75, 3.05) is 43.5 Å². The molecule has 202 valence electrons. The molecule has 2 fully saturated rings. The van der Waals surface area contributed by atoms with Crippen molar-refractivity contribution in [3.8, 4) is 11.3 Å². The third-order valence-electron chi connectivity index (χ3n) is 6.83. The second-order valence-electron chi connectivity index (χ2n) is 9.79. The summed E-state index contributed by atoms with van der Waals surface area (Å²) in [6.45, 7) is 6.21. The van der Waals surface area contributed by atoms with Crippen LogP contribution in [0.5, 0.6) is 0 Å². The summed E-state index contributed by atoms with van der Waals surface area (Å²) in [5.41, 5.74) is 1.02. The topological polar surface area (TPSA) is 114 Å². The molecule has 4 heterocycles. The van der Waals surface area contributed by atoms with Crippen LogP contribution in [0.2, 0.25) is 10.0 Å². The van der Waals surface area contributed by atoms with E-state index in [4.69, 9.17) is 27.9 Å². The number of carbonyl (C=O) groups is 1. The number of nitrogens with one attached hydrogen (secondary N) is 2. The number of carbonyl (C=O) groups excluding carboxylic acids is 1. The molecule has 0 radical (unpaired) electrons. The maximum absolute atomic E-state index is 13.0. The first kappa shape index (κ1) is 28.0. The number of nitrogens with zero attached hydrogens (tertiary/aromatic N) is 3. The van der Waals surface area contributed by atoms with Crippen LogP contribution in [0.25, 0.3) is 11.3 Å². The molecule has 2 aromatic heterocycles. The first-order valence-electron chi connectivity index (χ1n) is 12.6. The highest BCUT2D eigenvalue weighted by Crippen LogP contribution is 2.34. The summed E-state index contributed by atoms with van der Waals surface area (Å²) in [6.07, 6.45) is 4.69. The minimum atomic E-state index is -3.42. The number of halogens is 2. The molecule has 1 unspecified atom stereocenters. The highest BCUT2D eigenvalue weighted by molar-refractivity contribution is 7.89. The number of anilines is 2. The Kier molecular flexibility index (Phi) is 9.29. The van der Waals surface area contributed by atoms with Gasteiger partial charge in [0.25, 0.3) is 0 Å². The molecule has 37 heavy (non-hydrogen) atoms. The number of amides is 1. The Hall–Kier alpha value is -1.98. The van der Waals surface area contributed by atoms with E-state index in [1.807, 2.05) is 6.07 Å². The zero-order valence-electron chi connectivity index (χ0n) is 21.0. The van der Waals surface area contributed by atoms with E-state index in [9.17, 15) is 13.2 Å². The van der Waals surface area contributed by atoms with Gasteiger partial charge in [0.05, 0.1) is 26.9 Å². The van der Waals surface area contributed by atoms with Gasteiger partial charge in [-0.25, -0.2) is 22.7 Å². The van der Waals surface area contributed by atoms with Crippen LogP contribution in [0.4, 0.5) is 11.6 Å². The fourth-order valence-corrected chi connectivity index (χ4v) is 6.30. The second-order valence-corrected chi connectivity index (χ2v) is 13.1. The van der Waals surface area contributed by atoms with Crippen molar-refractivity contribution >= 4 is 50.8 Å². The predicted octanol–water partition coefficient (Wildman–Crippen LogP) is 4.68. The molecule has 1 amide bonds. The largest absolute Gasteiger partial charge is 0.381 e. The molecule has 0 bridgehead atoms. The summed E-state index contributed by atoms with van der Waals surface area (Å²) < 4.78 is 32.0. The molecule has 2 N–H and O–H groups in total. The van der Waals surface area contributed by atoms with Crippen LogP contribution in [0.1, 0.15) is 39.5 Å². The first-order chi connectivity index (χ1) is 17.6. The monoisotopic (exact) mass is 569 g/mol. The van der Waals surface area contributed by atoms with Gasteiger partial charge in [-0.15, -0.1) is 0 Å². The van der Waals surface area contributed by atoms with Crippen molar-refractivity contribution in [1.29, 1.82) is 0 Å². The average Bonchev–Trinajstić information content (AvgIpc) is 2.90. The Balaban J connectivity index is 1.47. The summed E-state index contributed by atoms with van der Waals surface area (Å²) in [6, 6.07) is 5.22. The lowest BCUT2D eigenvalue weighted by Gasteiger charge is -2.32. The number of ether oxygens (including phenoxy) is 1. The standard InChI is InChI=1S/C25H33Cl2N5O4S/c1-16(2)37(34,35)32-9-3-4-18(15-32)25(33)31-23-12-19(21(27)14-29-23)24-20(26)5-6-22(30-24)28-13-17-7-10-36-11-8-17/h5-6,12,14,16-18H,3-4,7-11,13,15H2,1-2H3,(H,28,30)(H,29,31,33). The molecule has 2 aliphatic rings. The fourth-order valence-electron chi connectivity index (χ4n) is 4.53. The lowest BCUT2D eigenvalue weighted by molar-refractivity contribution is -0.120. The zero-order valence-corrected chi connectivity index (χ0v) is 23.4.